The topological polar surface area (TPSA) is 0 Å². The molecule has 2 aromatic rings. The summed E-state index contributed by atoms with van der Waals surface area (Å²) < 4.78 is 0. The van der Waals surface area contributed by atoms with Crippen molar-refractivity contribution in [2.45, 2.75) is 75.0 Å². The molecular weight excluding hydrogens is 388 g/mol. The van der Waals surface area contributed by atoms with Crippen molar-refractivity contribution < 1.29 is 0 Å². The highest BCUT2D eigenvalue weighted by Gasteiger charge is 2.13. The Hall–Kier alpha value is -1.12. The molecule has 1 saturated carbocycles. The second kappa shape index (κ2) is 13.2. The van der Waals surface area contributed by atoms with Crippen LogP contribution in [0.4, 0.5) is 0 Å². The Labute approximate surface area is 187 Å². The van der Waals surface area contributed by atoms with Crippen LogP contribution in [0.1, 0.15) is 69.4 Å². The first kappa shape index (κ1) is 22.6. The number of rotatable bonds is 13. The van der Waals surface area contributed by atoms with Crippen molar-refractivity contribution in [2.24, 2.45) is 0 Å². The molecule has 0 amide bonds. The molecular formula is C27H36S2. The molecule has 1 aliphatic carbocycles. The molecule has 156 valence electrons. The van der Waals surface area contributed by atoms with Crippen LogP contribution in [0.3, 0.4) is 0 Å². The molecule has 0 aromatic heterocycles. The SMILES string of the molecule is CC(CCCCC(CCSCc1ccccc1)SCc1ccccc1)=C1CCC1. The molecule has 2 heteroatoms. The molecule has 0 bridgehead atoms. The zero-order chi connectivity index (χ0) is 20.2. The summed E-state index contributed by atoms with van der Waals surface area (Å²) in [5, 5.41) is 0.787. The van der Waals surface area contributed by atoms with E-state index in [0.717, 1.165) is 16.8 Å². The fourth-order valence-corrected chi connectivity index (χ4v) is 6.21. The van der Waals surface area contributed by atoms with Gasteiger partial charge in [0.25, 0.3) is 0 Å². The molecule has 1 fully saturated rings. The third kappa shape index (κ3) is 8.64. The lowest BCUT2D eigenvalue weighted by Crippen LogP contribution is -2.06. The van der Waals surface area contributed by atoms with Gasteiger partial charge in [0.15, 0.2) is 0 Å². The van der Waals surface area contributed by atoms with Crippen molar-refractivity contribution in [3.8, 4) is 0 Å². The Morgan fingerprint density at radius 1 is 0.828 bits per heavy atom. The van der Waals surface area contributed by atoms with Crippen LogP contribution in [0.2, 0.25) is 0 Å². The van der Waals surface area contributed by atoms with Crippen molar-refractivity contribution in [3.05, 3.63) is 82.9 Å². The standard InChI is InChI=1S/C27H36S2/c1-23(26-16-10-17-26)11-8-9-18-27(29-22-25-14-6-3-7-15-25)19-20-28-21-24-12-4-2-5-13-24/h2-7,12-15,27H,8-11,16-22H2,1H3. The molecule has 1 aliphatic rings. The fraction of sp³-hybridized carbons (Fsp3) is 0.481. The van der Waals surface area contributed by atoms with E-state index in [2.05, 4.69) is 91.1 Å². The van der Waals surface area contributed by atoms with Crippen molar-refractivity contribution in [3.63, 3.8) is 0 Å². The van der Waals surface area contributed by atoms with Crippen LogP contribution in [0.25, 0.3) is 0 Å². The summed E-state index contributed by atoms with van der Waals surface area (Å²) in [6.07, 6.45) is 10.9. The lowest BCUT2D eigenvalue weighted by Gasteiger charge is -2.20. The van der Waals surface area contributed by atoms with Crippen molar-refractivity contribution >= 4 is 23.5 Å². The van der Waals surface area contributed by atoms with E-state index in [4.69, 9.17) is 0 Å². The van der Waals surface area contributed by atoms with E-state index < -0.39 is 0 Å². The van der Waals surface area contributed by atoms with Gasteiger partial charge in [0.05, 0.1) is 0 Å². The lowest BCUT2D eigenvalue weighted by molar-refractivity contribution is 0.613. The smallest absolute Gasteiger partial charge is 0.0187 e. The largest absolute Gasteiger partial charge is 0.157 e. The average Bonchev–Trinajstić information content (AvgIpc) is 2.72. The number of allylic oxidation sites excluding steroid dienone is 2. The van der Waals surface area contributed by atoms with Gasteiger partial charge in [0, 0.05) is 16.8 Å². The molecule has 0 nitrogen and oxygen atoms in total. The Morgan fingerprint density at radius 3 is 2.10 bits per heavy atom. The Balaban J connectivity index is 1.39. The summed E-state index contributed by atoms with van der Waals surface area (Å²) >= 11 is 4.27. The Kier molecular flexibility index (Phi) is 10.3. The zero-order valence-electron chi connectivity index (χ0n) is 17.9. The summed E-state index contributed by atoms with van der Waals surface area (Å²) in [5.74, 6) is 3.56. The van der Waals surface area contributed by atoms with Gasteiger partial charge in [-0.25, -0.2) is 0 Å². The second-order valence-corrected chi connectivity index (χ2v) is 10.6. The zero-order valence-corrected chi connectivity index (χ0v) is 19.6. The number of thioether (sulfide) groups is 2. The molecule has 0 heterocycles. The Bertz CT molecular complexity index is 715. The third-order valence-corrected chi connectivity index (χ3v) is 8.42. The van der Waals surface area contributed by atoms with Crippen LogP contribution in [0.15, 0.2) is 71.8 Å². The molecule has 0 saturated heterocycles. The van der Waals surface area contributed by atoms with Crippen LogP contribution < -0.4 is 0 Å². The molecule has 0 radical (unpaired) electrons. The minimum atomic E-state index is 0.787. The Morgan fingerprint density at radius 2 is 1.48 bits per heavy atom. The van der Waals surface area contributed by atoms with E-state index in [1.807, 2.05) is 0 Å². The number of hydrogen-bond acceptors (Lipinski definition) is 2. The van der Waals surface area contributed by atoms with Gasteiger partial charge in [-0.2, -0.15) is 23.5 Å². The van der Waals surface area contributed by atoms with Crippen molar-refractivity contribution in [1.82, 2.24) is 0 Å². The molecule has 2 aromatic carbocycles. The first-order valence-electron chi connectivity index (χ1n) is 11.3. The highest BCUT2D eigenvalue weighted by atomic mass is 32.2. The van der Waals surface area contributed by atoms with Gasteiger partial charge < -0.3 is 0 Å². The van der Waals surface area contributed by atoms with Gasteiger partial charge in [-0.1, -0.05) is 78.2 Å². The molecule has 0 spiro atoms. The molecule has 3 rings (SSSR count). The summed E-state index contributed by atoms with van der Waals surface area (Å²) in [4.78, 5) is 0. The highest BCUT2D eigenvalue weighted by molar-refractivity contribution is 7.99. The highest BCUT2D eigenvalue weighted by Crippen LogP contribution is 2.31. The van der Waals surface area contributed by atoms with Gasteiger partial charge in [-0.3, -0.25) is 0 Å². The molecule has 0 N–H and O–H groups in total. The minimum Gasteiger partial charge on any atom is -0.157 e. The van der Waals surface area contributed by atoms with Crippen LogP contribution >= 0.6 is 23.5 Å². The maximum absolute atomic E-state index is 2.37. The van der Waals surface area contributed by atoms with E-state index >= 15 is 0 Å². The van der Waals surface area contributed by atoms with Crippen LogP contribution in [-0.2, 0) is 11.5 Å². The summed E-state index contributed by atoms with van der Waals surface area (Å²) in [5.41, 5.74) is 6.37. The van der Waals surface area contributed by atoms with Crippen molar-refractivity contribution in [1.29, 1.82) is 0 Å². The second-order valence-electron chi connectivity index (χ2n) is 8.23. The van der Waals surface area contributed by atoms with Crippen LogP contribution in [-0.4, -0.2) is 11.0 Å². The maximum Gasteiger partial charge on any atom is 0.0187 e. The maximum atomic E-state index is 2.37. The molecule has 29 heavy (non-hydrogen) atoms. The number of unbranched alkanes of at least 4 members (excludes halogenated alkanes) is 1. The van der Waals surface area contributed by atoms with Crippen molar-refractivity contribution in [2.75, 3.05) is 5.75 Å². The van der Waals surface area contributed by atoms with E-state index in [1.54, 1.807) is 11.1 Å². The van der Waals surface area contributed by atoms with Gasteiger partial charge >= 0.3 is 0 Å². The fourth-order valence-electron chi connectivity index (χ4n) is 3.80. The van der Waals surface area contributed by atoms with E-state index in [9.17, 15) is 0 Å². The number of hydrogen-bond donors (Lipinski definition) is 0. The molecule has 1 atom stereocenters. The normalized spacial score (nSPS) is 14.4. The first-order chi connectivity index (χ1) is 14.3. The summed E-state index contributed by atoms with van der Waals surface area (Å²) in [7, 11) is 0. The predicted molar refractivity (Wildman–Crippen MR) is 134 cm³/mol. The summed E-state index contributed by atoms with van der Waals surface area (Å²) in [6, 6.07) is 21.9. The van der Waals surface area contributed by atoms with Gasteiger partial charge in [-0.05, 0) is 68.7 Å². The predicted octanol–water partition coefficient (Wildman–Crippen LogP) is 8.67. The third-order valence-electron chi connectivity index (χ3n) is 5.91. The average molecular weight is 425 g/mol. The van der Waals surface area contributed by atoms with Gasteiger partial charge in [0.2, 0.25) is 0 Å². The quantitative estimate of drug-likeness (QED) is 0.233. The van der Waals surface area contributed by atoms with E-state index in [-0.39, 0.29) is 0 Å². The van der Waals surface area contributed by atoms with Gasteiger partial charge in [0.1, 0.15) is 0 Å². The van der Waals surface area contributed by atoms with Gasteiger partial charge in [-0.15, -0.1) is 0 Å². The summed E-state index contributed by atoms with van der Waals surface area (Å²) in [6.45, 7) is 2.37. The number of benzene rings is 2. The van der Waals surface area contributed by atoms with Crippen LogP contribution in [0, 0.1) is 0 Å². The molecule has 0 aliphatic heterocycles. The monoisotopic (exact) mass is 424 g/mol. The minimum absolute atomic E-state index is 0.787. The van der Waals surface area contributed by atoms with E-state index in [1.165, 1.54) is 68.2 Å². The van der Waals surface area contributed by atoms with Crippen LogP contribution in [0.5, 0.6) is 0 Å². The molecule has 1 unspecified atom stereocenters. The first-order valence-corrected chi connectivity index (χ1v) is 13.5. The van der Waals surface area contributed by atoms with E-state index in [0.29, 0.717) is 0 Å². The lowest BCUT2D eigenvalue weighted by atomic mass is 9.87.